The van der Waals surface area contributed by atoms with Crippen molar-refractivity contribution in [3.05, 3.63) is 30.3 Å². The van der Waals surface area contributed by atoms with Gasteiger partial charge in [-0.05, 0) is 68.4 Å². The van der Waals surface area contributed by atoms with Crippen LogP contribution in [0.4, 0.5) is 0 Å². The van der Waals surface area contributed by atoms with Gasteiger partial charge in [-0.1, -0.05) is 65.2 Å². The lowest BCUT2D eigenvalue weighted by molar-refractivity contribution is -0.163. The smallest absolute Gasteiger partial charge is 0.181 e. The molecule has 2 unspecified atom stereocenters. The summed E-state index contributed by atoms with van der Waals surface area (Å²) in [6.45, 7) is 10.2. The van der Waals surface area contributed by atoms with Gasteiger partial charge in [0.15, 0.2) is 16.1 Å². The van der Waals surface area contributed by atoms with Gasteiger partial charge in [0.05, 0.1) is 16.8 Å². The van der Waals surface area contributed by atoms with Crippen LogP contribution < -0.4 is 0 Å². The Labute approximate surface area is 191 Å². The van der Waals surface area contributed by atoms with Crippen molar-refractivity contribution in [1.82, 2.24) is 0 Å². The van der Waals surface area contributed by atoms with Crippen LogP contribution >= 0.6 is 0 Å². The highest BCUT2D eigenvalue weighted by molar-refractivity contribution is 7.92. The number of hydrogen-bond donors (Lipinski definition) is 0. The van der Waals surface area contributed by atoms with Gasteiger partial charge >= 0.3 is 0 Å². The fraction of sp³-hybridized carbons (Fsp3) is 0.769. The molecular formula is C26H44O4S. The summed E-state index contributed by atoms with van der Waals surface area (Å²) in [5, 5.41) is -0.377. The van der Waals surface area contributed by atoms with E-state index >= 15 is 0 Å². The van der Waals surface area contributed by atoms with Crippen molar-refractivity contribution in [3.8, 4) is 0 Å². The normalized spacial score (nSPS) is 20.5. The van der Waals surface area contributed by atoms with Crippen LogP contribution in [-0.2, 0) is 19.3 Å². The zero-order chi connectivity index (χ0) is 22.7. The Bertz CT molecular complexity index is 695. The zero-order valence-electron chi connectivity index (χ0n) is 20.1. The molecule has 31 heavy (non-hydrogen) atoms. The summed E-state index contributed by atoms with van der Waals surface area (Å²) in [7, 11) is -3.37. The van der Waals surface area contributed by atoms with Crippen molar-refractivity contribution in [1.29, 1.82) is 0 Å². The Morgan fingerprint density at radius 3 is 2.35 bits per heavy atom. The molecule has 0 amide bonds. The highest BCUT2D eigenvalue weighted by Crippen LogP contribution is 2.30. The first-order valence-electron chi connectivity index (χ1n) is 12.3. The van der Waals surface area contributed by atoms with Gasteiger partial charge in [0.1, 0.15) is 0 Å². The van der Waals surface area contributed by atoms with Crippen LogP contribution in [-0.4, -0.2) is 33.2 Å². The third-order valence-corrected chi connectivity index (χ3v) is 8.97. The van der Waals surface area contributed by atoms with E-state index in [1.165, 1.54) is 19.3 Å². The molecule has 4 nitrogen and oxygen atoms in total. The quantitative estimate of drug-likeness (QED) is 0.317. The molecule has 0 aliphatic carbocycles. The molecule has 0 saturated carbocycles. The summed E-state index contributed by atoms with van der Waals surface area (Å²) in [4.78, 5) is 0.441. The minimum Gasteiger partial charge on any atom is -0.353 e. The zero-order valence-corrected chi connectivity index (χ0v) is 20.9. The summed E-state index contributed by atoms with van der Waals surface area (Å²) < 4.78 is 38.5. The SMILES string of the molecule is CC(C)CCC[C@@H](C)CCC([C@@H](C)CCOC1CCCCO1)S(=O)(=O)c1ccccc1. The average Bonchev–Trinajstić information content (AvgIpc) is 2.75. The van der Waals surface area contributed by atoms with E-state index in [0.717, 1.165) is 44.6 Å². The first-order chi connectivity index (χ1) is 14.8. The molecule has 1 saturated heterocycles. The fourth-order valence-corrected chi connectivity index (χ4v) is 6.49. The molecule has 1 heterocycles. The largest absolute Gasteiger partial charge is 0.353 e. The molecule has 2 rings (SSSR count). The second kappa shape index (κ2) is 13.6. The minimum atomic E-state index is -3.37. The molecule has 0 aromatic heterocycles. The third kappa shape index (κ3) is 9.23. The lowest BCUT2D eigenvalue weighted by Crippen LogP contribution is -2.31. The second-order valence-electron chi connectivity index (χ2n) is 9.84. The Morgan fingerprint density at radius 2 is 1.71 bits per heavy atom. The van der Waals surface area contributed by atoms with E-state index in [-0.39, 0.29) is 17.5 Å². The molecule has 1 fully saturated rings. The van der Waals surface area contributed by atoms with Gasteiger partial charge in [0.25, 0.3) is 0 Å². The maximum Gasteiger partial charge on any atom is 0.181 e. The molecule has 1 aromatic carbocycles. The average molecular weight is 453 g/mol. The Morgan fingerprint density at radius 1 is 0.968 bits per heavy atom. The standard InChI is InChI=1S/C26H44O4S/c1-21(2)11-10-12-22(3)16-17-25(31(27,28)24-13-6-5-7-14-24)23(4)18-20-30-26-15-8-9-19-29-26/h5-7,13-14,21-23,25-26H,8-12,15-20H2,1-4H3/t22-,23+,25?,26?/m1/s1. The molecule has 1 aliphatic heterocycles. The van der Waals surface area contributed by atoms with Gasteiger partial charge in [-0.15, -0.1) is 0 Å². The van der Waals surface area contributed by atoms with Gasteiger partial charge in [-0.3, -0.25) is 0 Å². The van der Waals surface area contributed by atoms with Crippen molar-refractivity contribution >= 4 is 9.84 Å². The predicted molar refractivity (Wildman–Crippen MR) is 128 cm³/mol. The molecule has 4 atom stereocenters. The van der Waals surface area contributed by atoms with Crippen LogP contribution in [0, 0.1) is 17.8 Å². The summed E-state index contributed by atoms with van der Waals surface area (Å²) in [5.74, 6) is 1.31. The second-order valence-corrected chi connectivity index (χ2v) is 12.0. The molecule has 0 spiro atoms. The molecule has 178 valence electrons. The van der Waals surface area contributed by atoms with E-state index in [1.54, 1.807) is 12.1 Å². The van der Waals surface area contributed by atoms with Gasteiger partial charge in [0.2, 0.25) is 0 Å². The summed E-state index contributed by atoms with van der Waals surface area (Å²) in [5.41, 5.74) is 0. The number of hydrogen-bond acceptors (Lipinski definition) is 4. The van der Waals surface area contributed by atoms with Crippen LogP contribution in [0.5, 0.6) is 0 Å². The summed E-state index contributed by atoms with van der Waals surface area (Å²) in [6, 6.07) is 8.95. The predicted octanol–water partition coefficient (Wildman–Crippen LogP) is 6.64. The van der Waals surface area contributed by atoms with Crippen molar-refractivity contribution in [2.45, 2.75) is 102 Å². The Balaban J connectivity index is 1.97. The maximum absolute atomic E-state index is 13.5. The molecule has 0 bridgehead atoms. The molecule has 1 aromatic rings. The monoisotopic (exact) mass is 452 g/mol. The van der Waals surface area contributed by atoms with E-state index in [1.807, 2.05) is 18.2 Å². The lowest BCUT2D eigenvalue weighted by atomic mass is 9.92. The topological polar surface area (TPSA) is 52.6 Å². The van der Waals surface area contributed by atoms with Crippen LogP contribution in [0.1, 0.15) is 85.5 Å². The van der Waals surface area contributed by atoms with Crippen molar-refractivity contribution in [3.63, 3.8) is 0 Å². The molecule has 0 N–H and O–H groups in total. The highest BCUT2D eigenvalue weighted by atomic mass is 32.2. The van der Waals surface area contributed by atoms with Crippen LogP contribution in [0.15, 0.2) is 35.2 Å². The van der Waals surface area contributed by atoms with E-state index in [2.05, 4.69) is 27.7 Å². The summed E-state index contributed by atoms with van der Waals surface area (Å²) in [6.07, 6.45) is 9.09. The van der Waals surface area contributed by atoms with Gasteiger partial charge in [-0.2, -0.15) is 0 Å². The van der Waals surface area contributed by atoms with Crippen molar-refractivity contribution in [2.24, 2.45) is 17.8 Å². The first kappa shape index (κ1) is 26.3. The maximum atomic E-state index is 13.5. The van der Waals surface area contributed by atoms with E-state index < -0.39 is 9.84 Å². The van der Waals surface area contributed by atoms with Crippen LogP contribution in [0.3, 0.4) is 0 Å². The van der Waals surface area contributed by atoms with Crippen LogP contribution in [0.25, 0.3) is 0 Å². The van der Waals surface area contributed by atoms with Crippen molar-refractivity contribution in [2.75, 3.05) is 13.2 Å². The summed E-state index contributed by atoms with van der Waals surface area (Å²) >= 11 is 0. The molecule has 5 heteroatoms. The number of rotatable bonds is 14. The van der Waals surface area contributed by atoms with Gasteiger partial charge < -0.3 is 9.47 Å². The highest BCUT2D eigenvalue weighted by Gasteiger charge is 2.32. The molecular weight excluding hydrogens is 408 g/mol. The number of sulfone groups is 1. The van der Waals surface area contributed by atoms with E-state index in [9.17, 15) is 8.42 Å². The Hall–Kier alpha value is -0.910. The number of ether oxygens (including phenoxy) is 2. The third-order valence-electron chi connectivity index (χ3n) is 6.54. The fourth-order valence-electron chi connectivity index (χ4n) is 4.41. The van der Waals surface area contributed by atoms with Gasteiger partial charge in [0, 0.05) is 6.61 Å². The van der Waals surface area contributed by atoms with E-state index in [4.69, 9.17) is 9.47 Å². The lowest BCUT2D eigenvalue weighted by Gasteiger charge is -2.27. The molecule has 1 aliphatic rings. The minimum absolute atomic E-state index is 0.0386. The van der Waals surface area contributed by atoms with Crippen LogP contribution in [0.2, 0.25) is 0 Å². The number of benzene rings is 1. The molecule has 0 radical (unpaired) electrons. The van der Waals surface area contributed by atoms with Crippen molar-refractivity contribution < 1.29 is 17.9 Å². The Kier molecular flexibility index (Phi) is 11.6. The van der Waals surface area contributed by atoms with E-state index in [0.29, 0.717) is 23.8 Å². The van der Waals surface area contributed by atoms with Gasteiger partial charge in [-0.25, -0.2) is 8.42 Å². The first-order valence-corrected chi connectivity index (χ1v) is 13.9.